The lowest BCUT2D eigenvalue weighted by molar-refractivity contribution is -0.0827. The molecule has 1 N–H and O–H groups in total. The van der Waals surface area contributed by atoms with Gasteiger partial charge < -0.3 is 9.47 Å². The van der Waals surface area contributed by atoms with E-state index >= 15 is 0 Å². The van der Waals surface area contributed by atoms with Gasteiger partial charge in [-0.2, -0.15) is 5.10 Å². The van der Waals surface area contributed by atoms with Crippen LogP contribution in [0.15, 0.2) is 41.2 Å². The van der Waals surface area contributed by atoms with Crippen molar-refractivity contribution in [1.29, 1.82) is 0 Å². The number of fused-ring (bicyclic) bond motifs is 2. The molecule has 30 heavy (non-hydrogen) atoms. The summed E-state index contributed by atoms with van der Waals surface area (Å²) in [6.45, 7) is 9.29. The Morgan fingerprint density at radius 2 is 1.97 bits per heavy atom. The Kier molecular flexibility index (Phi) is 4.64. The fourth-order valence-electron chi connectivity index (χ4n) is 4.48. The lowest BCUT2D eigenvalue weighted by Crippen LogP contribution is -2.39. The van der Waals surface area contributed by atoms with E-state index in [1.54, 1.807) is 0 Å². The van der Waals surface area contributed by atoms with Crippen molar-refractivity contribution in [1.82, 2.24) is 15.1 Å². The van der Waals surface area contributed by atoms with E-state index in [0.29, 0.717) is 17.2 Å². The van der Waals surface area contributed by atoms with Gasteiger partial charge in [0.05, 0.1) is 22.5 Å². The van der Waals surface area contributed by atoms with Crippen LogP contribution in [0.4, 0.5) is 0 Å². The Morgan fingerprint density at radius 3 is 2.73 bits per heavy atom. The molecule has 3 aromatic rings. The number of benzene rings is 2. The first-order chi connectivity index (χ1) is 14.4. The van der Waals surface area contributed by atoms with Crippen molar-refractivity contribution in [2.45, 2.75) is 51.9 Å². The molecule has 156 valence electrons. The SMILES string of the molecule is CC(C)(C)OC1CCN(Cc2ccc3c(c2)-c2n[nH]c(=O)c4cccc(c24)O3)CC1. The number of hydrogen-bond donors (Lipinski definition) is 1. The molecule has 0 atom stereocenters. The van der Waals surface area contributed by atoms with Crippen LogP contribution in [0.3, 0.4) is 0 Å². The van der Waals surface area contributed by atoms with Crippen LogP contribution in [0.1, 0.15) is 39.2 Å². The van der Waals surface area contributed by atoms with Crippen LogP contribution >= 0.6 is 0 Å². The van der Waals surface area contributed by atoms with Crippen LogP contribution in [0.5, 0.6) is 11.5 Å². The predicted octanol–water partition coefficient (Wildman–Crippen LogP) is 4.48. The molecule has 2 aliphatic rings. The third-order valence-electron chi connectivity index (χ3n) is 5.76. The number of likely N-dealkylation sites (tertiary alicyclic amines) is 1. The highest BCUT2D eigenvalue weighted by Crippen LogP contribution is 2.44. The van der Waals surface area contributed by atoms with E-state index in [0.717, 1.165) is 54.9 Å². The molecule has 0 saturated carbocycles. The second-order valence-electron chi connectivity index (χ2n) is 9.22. The smallest absolute Gasteiger partial charge is 0.272 e. The highest BCUT2D eigenvalue weighted by atomic mass is 16.5. The number of H-pyrrole nitrogens is 1. The van der Waals surface area contributed by atoms with Gasteiger partial charge >= 0.3 is 0 Å². The van der Waals surface area contributed by atoms with Gasteiger partial charge in [0.25, 0.3) is 5.56 Å². The number of nitrogens with zero attached hydrogens (tertiary/aromatic N) is 2. The lowest BCUT2D eigenvalue weighted by atomic mass is 9.98. The highest BCUT2D eigenvalue weighted by molar-refractivity contribution is 6.01. The number of aromatic nitrogens is 2. The molecule has 1 fully saturated rings. The minimum absolute atomic E-state index is 0.0867. The maximum atomic E-state index is 12.2. The molecule has 6 nitrogen and oxygen atoms in total. The number of aromatic amines is 1. The van der Waals surface area contributed by atoms with Crippen LogP contribution in [-0.4, -0.2) is 39.9 Å². The molecule has 3 heterocycles. The summed E-state index contributed by atoms with van der Waals surface area (Å²) >= 11 is 0. The standard InChI is InChI=1S/C24H27N3O3/c1-24(2,3)30-16-9-11-27(12-10-16)14-15-7-8-19-18(13-15)22-21-17(23(28)26-25-22)5-4-6-20(21)29-19/h4-8,13,16H,9-12,14H2,1-3H3,(H,26,28). The summed E-state index contributed by atoms with van der Waals surface area (Å²) in [4.78, 5) is 14.7. The van der Waals surface area contributed by atoms with Crippen molar-refractivity contribution < 1.29 is 9.47 Å². The average Bonchev–Trinajstić information content (AvgIpc) is 2.71. The maximum absolute atomic E-state index is 12.2. The van der Waals surface area contributed by atoms with Gasteiger partial charge in [0.2, 0.25) is 0 Å². The zero-order valence-corrected chi connectivity index (χ0v) is 17.7. The summed E-state index contributed by atoms with van der Waals surface area (Å²) in [5.74, 6) is 1.46. The lowest BCUT2D eigenvalue weighted by Gasteiger charge is -2.35. The summed E-state index contributed by atoms with van der Waals surface area (Å²) in [5, 5.41) is 8.39. The summed E-state index contributed by atoms with van der Waals surface area (Å²) in [6, 6.07) is 11.8. The van der Waals surface area contributed by atoms with E-state index in [1.807, 2.05) is 24.3 Å². The summed E-state index contributed by atoms with van der Waals surface area (Å²) in [7, 11) is 0. The van der Waals surface area contributed by atoms with Crippen LogP contribution < -0.4 is 10.3 Å². The Bertz CT molecular complexity index is 1150. The molecule has 2 aliphatic heterocycles. The van der Waals surface area contributed by atoms with Gasteiger partial charge in [-0.15, -0.1) is 0 Å². The summed E-state index contributed by atoms with van der Waals surface area (Å²) in [6.07, 6.45) is 2.45. The molecule has 1 saturated heterocycles. The number of rotatable bonds is 3. The minimum atomic E-state index is -0.195. The normalized spacial score (nSPS) is 17.0. The van der Waals surface area contributed by atoms with Crippen LogP contribution in [0, 0.1) is 0 Å². The van der Waals surface area contributed by atoms with Gasteiger partial charge in [-0.3, -0.25) is 9.69 Å². The zero-order chi connectivity index (χ0) is 20.9. The van der Waals surface area contributed by atoms with E-state index in [2.05, 4.69) is 48.0 Å². The van der Waals surface area contributed by atoms with Crippen molar-refractivity contribution in [3.63, 3.8) is 0 Å². The van der Waals surface area contributed by atoms with Crippen molar-refractivity contribution in [2.75, 3.05) is 13.1 Å². The Hall–Kier alpha value is -2.70. The van der Waals surface area contributed by atoms with Gasteiger partial charge in [0, 0.05) is 25.2 Å². The molecule has 0 bridgehead atoms. The van der Waals surface area contributed by atoms with Gasteiger partial charge in [-0.25, -0.2) is 5.10 Å². The predicted molar refractivity (Wildman–Crippen MR) is 117 cm³/mol. The average molecular weight is 405 g/mol. The van der Waals surface area contributed by atoms with E-state index in [9.17, 15) is 4.79 Å². The third-order valence-corrected chi connectivity index (χ3v) is 5.76. The molecule has 5 rings (SSSR count). The summed E-state index contributed by atoms with van der Waals surface area (Å²) in [5.41, 5.74) is 2.64. The van der Waals surface area contributed by atoms with Gasteiger partial charge in [0.1, 0.15) is 17.2 Å². The molecule has 0 unspecified atom stereocenters. The molecule has 2 aromatic carbocycles. The largest absolute Gasteiger partial charge is 0.456 e. The van der Waals surface area contributed by atoms with E-state index in [-0.39, 0.29) is 11.2 Å². The Balaban J connectivity index is 1.38. The van der Waals surface area contributed by atoms with Crippen molar-refractivity contribution >= 4 is 10.8 Å². The number of hydrogen-bond acceptors (Lipinski definition) is 5. The zero-order valence-electron chi connectivity index (χ0n) is 17.7. The van der Waals surface area contributed by atoms with Crippen LogP contribution in [0.2, 0.25) is 0 Å². The minimum Gasteiger partial charge on any atom is -0.456 e. The van der Waals surface area contributed by atoms with E-state index in [1.165, 1.54) is 5.56 Å². The molecule has 0 spiro atoms. The number of piperidine rings is 1. The molecule has 0 aliphatic carbocycles. The van der Waals surface area contributed by atoms with Crippen LogP contribution in [-0.2, 0) is 11.3 Å². The number of nitrogens with one attached hydrogen (secondary N) is 1. The van der Waals surface area contributed by atoms with Crippen molar-refractivity contribution in [3.05, 3.63) is 52.3 Å². The van der Waals surface area contributed by atoms with Gasteiger partial charge in [-0.1, -0.05) is 12.1 Å². The molecular formula is C24H27N3O3. The van der Waals surface area contributed by atoms with Gasteiger partial charge in [-0.05, 0) is 63.4 Å². The van der Waals surface area contributed by atoms with E-state index in [4.69, 9.17) is 9.47 Å². The third kappa shape index (κ3) is 3.61. The molecule has 0 amide bonds. The Labute approximate surface area is 175 Å². The molecule has 0 radical (unpaired) electrons. The van der Waals surface area contributed by atoms with Gasteiger partial charge in [0.15, 0.2) is 0 Å². The van der Waals surface area contributed by atoms with E-state index < -0.39 is 0 Å². The maximum Gasteiger partial charge on any atom is 0.272 e. The first-order valence-electron chi connectivity index (χ1n) is 10.6. The van der Waals surface area contributed by atoms with Crippen LogP contribution in [0.25, 0.3) is 22.0 Å². The number of ether oxygens (including phenoxy) is 2. The first-order valence-corrected chi connectivity index (χ1v) is 10.6. The topological polar surface area (TPSA) is 67.5 Å². The monoisotopic (exact) mass is 405 g/mol. The fraction of sp³-hybridized carbons (Fsp3) is 0.417. The quantitative estimate of drug-likeness (QED) is 0.544. The highest BCUT2D eigenvalue weighted by Gasteiger charge is 2.26. The van der Waals surface area contributed by atoms with Crippen molar-refractivity contribution in [2.24, 2.45) is 0 Å². The fourth-order valence-corrected chi connectivity index (χ4v) is 4.48. The second-order valence-corrected chi connectivity index (χ2v) is 9.22. The molecular weight excluding hydrogens is 378 g/mol. The molecule has 6 heteroatoms. The Morgan fingerprint density at radius 1 is 1.17 bits per heavy atom. The second kappa shape index (κ2) is 7.22. The first kappa shape index (κ1) is 19.3. The van der Waals surface area contributed by atoms with Crippen molar-refractivity contribution in [3.8, 4) is 22.8 Å². The summed E-state index contributed by atoms with van der Waals surface area (Å²) < 4.78 is 12.2. The molecule has 1 aromatic heterocycles.